The molecule has 0 saturated heterocycles. The zero-order valence-corrected chi connectivity index (χ0v) is 12.8. The Hall–Kier alpha value is -1.55. The van der Waals surface area contributed by atoms with Gasteiger partial charge in [0.05, 0.1) is 12.2 Å². The number of hydrogen-bond donors (Lipinski definition) is 2. The van der Waals surface area contributed by atoms with Gasteiger partial charge in [-0.2, -0.15) is 0 Å². The number of carbonyl (C=O) groups is 1. The van der Waals surface area contributed by atoms with Crippen LogP contribution in [0.3, 0.4) is 0 Å². The summed E-state index contributed by atoms with van der Waals surface area (Å²) in [4.78, 5) is 12.1. The van der Waals surface area contributed by atoms with E-state index in [1.807, 2.05) is 26.8 Å². The predicted octanol–water partition coefficient (Wildman–Crippen LogP) is 2.61. The maximum atomic E-state index is 12.1. The zero-order valence-electron chi connectivity index (χ0n) is 12.8. The summed E-state index contributed by atoms with van der Waals surface area (Å²) < 4.78 is 5.37. The average molecular weight is 279 g/mol. The topological polar surface area (TPSA) is 58.6 Å². The first-order chi connectivity index (χ1) is 9.40. The summed E-state index contributed by atoms with van der Waals surface area (Å²) in [6.45, 7) is 8.44. The van der Waals surface area contributed by atoms with E-state index in [4.69, 9.17) is 4.74 Å². The molecule has 112 valence electrons. The summed E-state index contributed by atoms with van der Waals surface area (Å²) in [6, 6.07) is 7.04. The van der Waals surface area contributed by atoms with E-state index in [1.54, 1.807) is 25.1 Å². The Morgan fingerprint density at radius 1 is 1.45 bits per heavy atom. The summed E-state index contributed by atoms with van der Waals surface area (Å²) in [5.74, 6) is 0.599. The molecule has 2 unspecified atom stereocenters. The molecule has 2 atom stereocenters. The minimum absolute atomic E-state index is 0.123. The van der Waals surface area contributed by atoms with Gasteiger partial charge in [-0.05, 0) is 38.0 Å². The van der Waals surface area contributed by atoms with Gasteiger partial charge in [0, 0.05) is 12.1 Å². The first-order valence-electron chi connectivity index (χ1n) is 7.14. The van der Waals surface area contributed by atoms with Crippen LogP contribution in [0.25, 0.3) is 0 Å². The van der Waals surface area contributed by atoms with Crippen LogP contribution in [-0.2, 0) is 0 Å². The quantitative estimate of drug-likeness (QED) is 0.806. The predicted molar refractivity (Wildman–Crippen MR) is 80.0 cm³/mol. The molecule has 0 aliphatic rings. The number of aliphatic hydroxyl groups is 1. The summed E-state index contributed by atoms with van der Waals surface area (Å²) >= 11 is 0. The van der Waals surface area contributed by atoms with Crippen LogP contribution in [0.1, 0.15) is 44.5 Å². The molecule has 0 fully saturated rings. The summed E-state index contributed by atoms with van der Waals surface area (Å²) in [5, 5.41) is 13.1. The third-order valence-electron chi connectivity index (χ3n) is 3.69. The van der Waals surface area contributed by atoms with Crippen LogP contribution in [0.2, 0.25) is 0 Å². The van der Waals surface area contributed by atoms with E-state index in [0.29, 0.717) is 17.9 Å². The van der Waals surface area contributed by atoms with Crippen LogP contribution < -0.4 is 10.1 Å². The molecule has 0 saturated carbocycles. The molecular weight excluding hydrogens is 254 g/mol. The van der Waals surface area contributed by atoms with Gasteiger partial charge in [0.1, 0.15) is 5.75 Å². The standard InChI is InChI=1S/C16H25NO3/c1-5-12(3)16(4,19)11-17-15(18)13-8-7-9-14(10-13)20-6-2/h7-10,12,19H,5-6,11H2,1-4H3,(H,17,18). The lowest BCUT2D eigenvalue weighted by Gasteiger charge is -2.29. The van der Waals surface area contributed by atoms with Gasteiger partial charge in [0.25, 0.3) is 5.91 Å². The average Bonchev–Trinajstić information content (AvgIpc) is 2.44. The summed E-state index contributed by atoms with van der Waals surface area (Å²) in [7, 11) is 0. The van der Waals surface area contributed by atoms with Gasteiger partial charge < -0.3 is 15.2 Å². The zero-order chi connectivity index (χ0) is 15.2. The monoisotopic (exact) mass is 279 g/mol. The van der Waals surface area contributed by atoms with Gasteiger partial charge in [-0.3, -0.25) is 4.79 Å². The Labute approximate surface area is 121 Å². The van der Waals surface area contributed by atoms with E-state index in [-0.39, 0.29) is 18.4 Å². The van der Waals surface area contributed by atoms with Crippen molar-refractivity contribution in [1.29, 1.82) is 0 Å². The number of benzene rings is 1. The van der Waals surface area contributed by atoms with E-state index in [0.717, 1.165) is 6.42 Å². The second kappa shape index (κ2) is 7.29. The van der Waals surface area contributed by atoms with Crippen molar-refractivity contribution in [2.45, 2.75) is 39.7 Å². The van der Waals surface area contributed by atoms with Gasteiger partial charge in [-0.1, -0.05) is 26.3 Å². The second-order valence-electron chi connectivity index (χ2n) is 5.31. The normalized spacial score (nSPS) is 15.2. The van der Waals surface area contributed by atoms with Gasteiger partial charge in [0.2, 0.25) is 0 Å². The molecule has 0 spiro atoms. The molecule has 0 radical (unpaired) electrons. The fraction of sp³-hybridized carbons (Fsp3) is 0.562. The molecule has 2 N–H and O–H groups in total. The number of nitrogens with one attached hydrogen (secondary N) is 1. The molecule has 4 heteroatoms. The number of rotatable bonds is 7. The minimum Gasteiger partial charge on any atom is -0.494 e. The van der Waals surface area contributed by atoms with Crippen molar-refractivity contribution in [3.63, 3.8) is 0 Å². The Morgan fingerprint density at radius 3 is 2.75 bits per heavy atom. The smallest absolute Gasteiger partial charge is 0.251 e. The van der Waals surface area contributed by atoms with Crippen LogP contribution in [0.5, 0.6) is 5.75 Å². The molecule has 0 aliphatic heterocycles. The molecule has 0 aromatic heterocycles. The van der Waals surface area contributed by atoms with Crippen LogP contribution in [0, 0.1) is 5.92 Å². The lowest BCUT2D eigenvalue weighted by molar-refractivity contribution is 0.00592. The number of ether oxygens (including phenoxy) is 1. The third-order valence-corrected chi connectivity index (χ3v) is 3.69. The van der Waals surface area contributed by atoms with Crippen molar-refractivity contribution in [1.82, 2.24) is 5.32 Å². The van der Waals surface area contributed by atoms with Crippen LogP contribution in [0.4, 0.5) is 0 Å². The first kappa shape index (κ1) is 16.5. The van der Waals surface area contributed by atoms with E-state index in [1.165, 1.54) is 0 Å². The summed E-state index contributed by atoms with van der Waals surface area (Å²) in [5.41, 5.74) is -0.363. The fourth-order valence-electron chi connectivity index (χ4n) is 1.87. The maximum Gasteiger partial charge on any atom is 0.251 e. The van der Waals surface area contributed by atoms with E-state index in [2.05, 4.69) is 5.32 Å². The van der Waals surface area contributed by atoms with E-state index >= 15 is 0 Å². The van der Waals surface area contributed by atoms with E-state index < -0.39 is 5.60 Å². The highest BCUT2D eigenvalue weighted by Gasteiger charge is 2.27. The molecule has 20 heavy (non-hydrogen) atoms. The molecule has 0 heterocycles. The second-order valence-corrected chi connectivity index (χ2v) is 5.31. The molecule has 1 rings (SSSR count). The van der Waals surface area contributed by atoms with Gasteiger partial charge in [0.15, 0.2) is 0 Å². The van der Waals surface area contributed by atoms with Crippen molar-refractivity contribution in [2.75, 3.05) is 13.2 Å². The van der Waals surface area contributed by atoms with Crippen LogP contribution >= 0.6 is 0 Å². The SMILES string of the molecule is CCOc1cccc(C(=O)NCC(C)(O)C(C)CC)c1. The number of carbonyl (C=O) groups excluding carboxylic acids is 1. The van der Waals surface area contributed by atoms with Crippen LogP contribution in [0.15, 0.2) is 24.3 Å². The lowest BCUT2D eigenvalue weighted by atomic mass is 9.88. The Morgan fingerprint density at radius 2 is 2.15 bits per heavy atom. The number of amides is 1. The van der Waals surface area contributed by atoms with E-state index in [9.17, 15) is 9.90 Å². The molecule has 4 nitrogen and oxygen atoms in total. The molecule has 0 aliphatic carbocycles. The number of hydrogen-bond acceptors (Lipinski definition) is 3. The van der Waals surface area contributed by atoms with Gasteiger partial charge in [-0.25, -0.2) is 0 Å². The lowest BCUT2D eigenvalue weighted by Crippen LogP contribution is -2.45. The van der Waals surface area contributed by atoms with Crippen molar-refractivity contribution < 1.29 is 14.6 Å². The highest BCUT2D eigenvalue weighted by molar-refractivity contribution is 5.94. The maximum absolute atomic E-state index is 12.1. The molecule has 1 aromatic carbocycles. The largest absolute Gasteiger partial charge is 0.494 e. The summed E-state index contributed by atoms with van der Waals surface area (Å²) in [6.07, 6.45) is 0.864. The van der Waals surface area contributed by atoms with Crippen molar-refractivity contribution in [2.24, 2.45) is 5.92 Å². The van der Waals surface area contributed by atoms with Crippen molar-refractivity contribution >= 4 is 5.91 Å². The third kappa shape index (κ3) is 4.53. The Bertz CT molecular complexity index is 443. The molecule has 0 bridgehead atoms. The Kier molecular flexibility index (Phi) is 6.02. The van der Waals surface area contributed by atoms with Gasteiger partial charge >= 0.3 is 0 Å². The van der Waals surface area contributed by atoms with Gasteiger partial charge in [-0.15, -0.1) is 0 Å². The fourth-order valence-corrected chi connectivity index (χ4v) is 1.87. The highest BCUT2D eigenvalue weighted by Crippen LogP contribution is 2.19. The molecule has 1 amide bonds. The molecule has 1 aromatic rings. The Balaban J connectivity index is 2.65. The molecular formula is C16H25NO3. The first-order valence-corrected chi connectivity index (χ1v) is 7.14. The minimum atomic E-state index is -0.901. The van der Waals surface area contributed by atoms with Crippen molar-refractivity contribution in [3.8, 4) is 5.75 Å². The van der Waals surface area contributed by atoms with Crippen molar-refractivity contribution in [3.05, 3.63) is 29.8 Å². The highest BCUT2D eigenvalue weighted by atomic mass is 16.5. The van der Waals surface area contributed by atoms with Crippen LogP contribution in [-0.4, -0.2) is 29.8 Å².